The second-order valence-corrected chi connectivity index (χ2v) is 2.93. The molecule has 2 rings (SSSR count). The van der Waals surface area contributed by atoms with Gasteiger partial charge in [0.15, 0.2) is 17.3 Å². The van der Waals surface area contributed by atoms with E-state index in [0.717, 1.165) is 5.56 Å². The van der Waals surface area contributed by atoms with Gasteiger partial charge in [0.05, 0.1) is 0 Å². The van der Waals surface area contributed by atoms with Crippen molar-refractivity contribution in [2.75, 3.05) is 0 Å². The Balaban J connectivity index is 2.36. The predicted molar refractivity (Wildman–Crippen MR) is 54.4 cm³/mol. The number of benzene rings is 1. The first kappa shape index (κ1) is 9.26. The summed E-state index contributed by atoms with van der Waals surface area (Å²) in [5.41, 5.74) is 6.57. The van der Waals surface area contributed by atoms with Crippen LogP contribution >= 0.6 is 0 Å². The number of oxime groups is 1. The molecule has 0 bridgehead atoms. The molecule has 0 aliphatic carbocycles. The highest BCUT2D eigenvalue weighted by molar-refractivity contribution is 5.95. The molecular formula is C10H9N3O2. The van der Waals surface area contributed by atoms with Crippen molar-refractivity contribution in [2.45, 2.75) is 0 Å². The largest absolute Gasteiger partial charge is 0.409 e. The van der Waals surface area contributed by atoms with Gasteiger partial charge >= 0.3 is 0 Å². The van der Waals surface area contributed by atoms with Crippen LogP contribution in [-0.4, -0.2) is 16.2 Å². The molecule has 0 saturated carbocycles. The molecule has 0 atom stereocenters. The molecule has 1 heterocycles. The Morgan fingerprint density at radius 2 is 2.07 bits per heavy atom. The smallest absolute Gasteiger partial charge is 0.192 e. The maximum atomic E-state index is 8.45. The van der Waals surface area contributed by atoms with Crippen molar-refractivity contribution in [1.29, 1.82) is 0 Å². The average molecular weight is 203 g/mol. The number of nitrogens with zero attached hydrogens (tertiary/aromatic N) is 2. The molecular weight excluding hydrogens is 194 g/mol. The third-order valence-electron chi connectivity index (χ3n) is 1.94. The summed E-state index contributed by atoms with van der Waals surface area (Å²) >= 11 is 0. The van der Waals surface area contributed by atoms with E-state index in [2.05, 4.69) is 10.3 Å². The highest BCUT2D eigenvalue weighted by Crippen LogP contribution is 2.19. The fraction of sp³-hybridized carbons (Fsp3) is 0. The van der Waals surface area contributed by atoms with Crippen LogP contribution in [0.2, 0.25) is 0 Å². The van der Waals surface area contributed by atoms with Gasteiger partial charge in [-0.1, -0.05) is 40.6 Å². The number of aromatic nitrogens is 1. The van der Waals surface area contributed by atoms with Crippen molar-refractivity contribution in [3.05, 3.63) is 42.1 Å². The number of hydrogen-bond acceptors (Lipinski definition) is 4. The highest BCUT2D eigenvalue weighted by atomic mass is 16.5. The molecule has 1 aromatic carbocycles. The topological polar surface area (TPSA) is 84.6 Å². The van der Waals surface area contributed by atoms with E-state index < -0.39 is 0 Å². The monoisotopic (exact) mass is 203 g/mol. The molecule has 3 N–H and O–H groups in total. The SMILES string of the molecule is N/C(=N\O)c1cc(-c2ccccc2)on1. The number of hydrogen-bond donors (Lipinski definition) is 2. The molecule has 15 heavy (non-hydrogen) atoms. The molecule has 0 unspecified atom stereocenters. The van der Waals surface area contributed by atoms with Crippen LogP contribution in [0.3, 0.4) is 0 Å². The summed E-state index contributed by atoms with van der Waals surface area (Å²) in [6.45, 7) is 0. The zero-order valence-electron chi connectivity index (χ0n) is 7.79. The molecule has 0 spiro atoms. The Kier molecular flexibility index (Phi) is 2.37. The van der Waals surface area contributed by atoms with E-state index in [0.29, 0.717) is 11.5 Å². The van der Waals surface area contributed by atoms with Gasteiger partial charge in [0.25, 0.3) is 0 Å². The number of amidine groups is 1. The number of nitrogens with two attached hydrogens (primary N) is 1. The maximum Gasteiger partial charge on any atom is 0.192 e. The zero-order valence-corrected chi connectivity index (χ0v) is 7.79. The van der Waals surface area contributed by atoms with E-state index >= 15 is 0 Å². The van der Waals surface area contributed by atoms with Crippen LogP contribution in [0.15, 0.2) is 46.1 Å². The van der Waals surface area contributed by atoms with Crippen LogP contribution in [0, 0.1) is 0 Å². The molecule has 0 fully saturated rings. The summed E-state index contributed by atoms with van der Waals surface area (Å²) < 4.78 is 5.05. The van der Waals surface area contributed by atoms with Crippen LogP contribution in [0.1, 0.15) is 5.69 Å². The van der Waals surface area contributed by atoms with Gasteiger partial charge in [0, 0.05) is 11.6 Å². The third kappa shape index (κ3) is 1.80. The van der Waals surface area contributed by atoms with Crippen molar-refractivity contribution in [2.24, 2.45) is 10.9 Å². The standard InChI is InChI=1S/C10H9N3O2/c11-10(12-14)8-6-9(15-13-8)7-4-2-1-3-5-7/h1-6,14H,(H2,11,12). The highest BCUT2D eigenvalue weighted by Gasteiger charge is 2.08. The zero-order chi connectivity index (χ0) is 10.7. The summed E-state index contributed by atoms with van der Waals surface area (Å²) in [6.07, 6.45) is 0. The van der Waals surface area contributed by atoms with Crippen molar-refractivity contribution in [1.82, 2.24) is 5.16 Å². The van der Waals surface area contributed by atoms with Crippen molar-refractivity contribution >= 4 is 5.84 Å². The van der Waals surface area contributed by atoms with Crippen LogP contribution < -0.4 is 5.73 Å². The van der Waals surface area contributed by atoms with Crippen LogP contribution in [-0.2, 0) is 0 Å². The normalized spacial score (nSPS) is 11.6. The fourth-order valence-electron chi connectivity index (χ4n) is 1.19. The molecule has 0 saturated heterocycles. The summed E-state index contributed by atoms with van der Waals surface area (Å²) in [5, 5.41) is 15.0. The molecule has 0 aliphatic rings. The quantitative estimate of drug-likeness (QED) is 0.334. The Morgan fingerprint density at radius 3 is 2.73 bits per heavy atom. The summed E-state index contributed by atoms with van der Waals surface area (Å²) in [4.78, 5) is 0. The lowest BCUT2D eigenvalue weighted by Crippen LogP contribution is -2.12. The lowest BCUT2D eigenvalue weighted by Gasteiger charge is -1.91. The van der Waals surface area contributed by atoms with E-state index in [1.807, 2.05) is 30.3 Å². The van der Waals surface area contributed by atoms with E-state index in [9.17, 15) is 0 Å². The molecule has 1 aromatic heterocycles. The summed E-state index contributed by atoms with van der Waals surface area (Å²) in [6, 6.07) is 11.1. The molecule has 2 aromatic rings. The van der Waals surface area contributed by atoms with Gasteiger partial charge in [-0.25, -0.2) is 0 Å². The first-order valence-corrected chi connectivity index (χ1v) is 4.31. The van der Waals surface area contributed by atoms with Gasteiger partial charge < -0.3 is 15.5 Å². The van der Waals surface area contributed by atoms with Crippen LogP contribution in [0.4, 0.5) is 0 Å². The third-order valence-corrected chi connectivity index (χ3v) is 1.94. The molecule has 76 valence electrons. The molecule has 0 radical (unpaired) electrons. The van der Waals surface area contributed by atoms with Gasteiger partial charge in [-0.3, -0.25) is 0 Å². The van der Waals surface area contributed by atoms with Gasteiger partial charge in [-0.2, -0.15) is 0 Å². The number of rotatable bonds is 2. The first-order valence-electron chi connectivity index (χ1n) is 4.31. The Labute approximate surface area is 85.8 Å². The minimum Gasteiger partial charge on any atom is -0.409 e. The molecule has 5 nitrogen and oxygen atoms in total. The minimum atomic E-state index is -0.0686. The molecule has 0 amide bonds. The van der Waals surface area contributed by atoms with Crippen LogP contribution in [0.25, 0.3) is 11.3 Å². The summed E-state index contributed by atoms with van der Waals surface area (Å²) in [5.74, 6) is 0.512. The fourth-order valence-corrected chi connectivity index (χ4v) is 1.19. The van der Waals surface area contributed by atoms with Crippen molar-refractivity contribution in [3.63, 3.8) is 0 Å². The molecule has 5 heteroatoms. The predicted octanol–water partition coefficient (Wildman–Crippen LogP) is 1.44. The first-order chi connectivity index (χ1) is 7.31. The second kappa shape index (κ2) is 3.83. The molecule has 0 aliphatic heterocycles. The Morgan fingerprint density at radius 1 is 1.33 bits per heavy atom. The summed E-state index contributed by atoms with van der Waals surface area (Å²) in [7, 11) is 0. The van der Waals surface area contributed by atoms with E-state index in [-0.39, 0.29) is 5.84 Å². The van der Waals surface area contributed by atoms with E-state index in [1.165, 1.54) is 0 Å². The minimum absolute atomic E-state index is 0.0686. The lowest BCUT2D eigenvalue weighted by atomic mass is 10.1. The Bertz CT molecular complexity index is 476. The lowest BCUT2D eigenvalue weighted by molar-refractivity contribution is 0.318. The maximum absolute atomic E-state index is 8.45. The van der Waals surface area contributed by atoms with Crippen molar-refractivity contribution in [3.8, 4) is 11.3 Å². The van der Waals surface area contributed by atoms with Gasteiger partial charge in [0.2, 0.25) is 0 Å². The van der Waals surface area contributed by atoms with E-state index in [1.54, 1.807) is 6.07 Å². The Hall–Kier alpha value is -2.30. The van der Waals surface area contributed by atoms with Crippen molar-refractivity contribution < 1.29 is 9.73 Å². The van der Waals surface area contributed by atoms with Gasteiger partial charge in [-0.05, 0) is 0 Å². The van der Waals surface area contributed by atoms with Gasteiger partial charge in [-0.15, -0.1) is 0 Å². The average Bonchev–Trinajstić information content (AvgIpc) is 2.78. The van der Waals surface area contributed by atoms with Crippen LogP contribution in [0.5, 0.6) is 0 Å². The second-order valence-electron chi connectivity index (χ2n) is 2.93. The van der Waals surface area contributed by atoms with Gasteiger partial charge in [0.1, 0.15) is 0 Å². The van der Waals surface area contributed by atoms with E-state index in [4.69, 9.17) is 15.5 Å².